The van der Waals surface area contributed by atoms with Crippen molar-refractivity contribution in [2.24, 2.45) is 7.05 Å². The lowest BCUT2D eigenvalue weighted by atomic mass is 10.1. The molecule has 6 nitrogen and oxygen atoms in total. The molecule has 1 aliphatic rings. The highest BCUT2D eigenvalue weighted by Gasteiger charge is 2.23. The third-order valence-corrected chi connectivity index (χ3v) is 5.48. The Bertz CT molecular complexity index is 915. The van der Waals surface area contributed by atoms with Gasteiger partial charge in [0.1, 0.15) is 0 Å². The van der Waals surface area contributed by atoms with Gasteiger partial charge in [0.15, 0.2) is 5.69 Å². The molecule has 2 N–H and O–H groups in total. The van der Waals surface area contributed by atoms with Crippen molar-refractivity contribution in [1.29, 1.82) is 0 Å². The number of nitrogens with one attached hydrogen (secondary N) is 2. The monoisotopic (exact) mass is 367 g/mol. The van der Waals surface area contributed by atoms with Crippen molar-refractivity contribution in [3.63, 3.8) is 0 Å². The third kappa shape index (κ3) is 3.40. The second-order valence-corrected chi connectivity index (χ2v) is 7.27. The molecule has 1 aromatic carbocycles. The second-order valence-electron chi connectivity index (χ2n) is 6.32. The summed E-state index contributed by atoms with van der Waals surface area (Å²) in [5.74, 6) is -0.106. The molecule has 2 aromatic heterocycles. The van der Waals surface area contributed by atoms with E-state index < -0.39 is 0 Å². The van der Waals surface area contributed by atoms with Crippen LogP contribution in [-0.2, 0) is 26.4 Å². The fourth-order valence-corrected chi connectivity index (χ4v) is 4.05. The molecule has 0 spiro atoms. The number of aromatic nitrogens is 3. The van der Waals surface area contributed by atoms with Crippen molar-refractivity contribution >= 4 is 17.2 Å². The summed E-state index contributed by atoms with van der Waals surface area (Å²) in [6.45, 7) is 2.19. The van der Waals surface area contributed by atoms with Crippen LogP contribution >= 0.6 is 11.3 Å². The van der Waals surface area contributed by atoms with E-state index in [2.05, 4.69) is 38.2 Å². The Morgan fingerprint density at radius 3 is 3.04 bits per heavy atom. The van der Waals surface area contributed by atoms with Gasteiger partial charge in [-0.2, -0.15) is 5.10 Å². The zero-order valence-corrected chi connectivity index (χ0v) is 15.5. The van der Waals surface area contributed by atoms with E-state index in [1.54, 1.807) is 11.3 Å². The number of aryl methyl sites for hydroxylation is 1. The predicted octanol–water partition coefficient (Wildman–Crippen LogP) is 2.16. The van der Waals surface area contributed by atoms with Gasteiger partial charge in [0.05, 0.1) is 10.7 Å². The number of fused-ring (bicyclic) bond motifs is 1. The number of carbonyl (C=O) groups excluding carboxylic acids is 1. The fraction of sp³-hybridized carbons (Fsp3) is 0.316. The quantitative estimate of drug-likeness (QED) is 0.725. The Balaban J connectivity index is 1.37. The molecule has 1 amide bonds. The average Bonchev–Trinajstić information content (AvgIpc) is 3.28. The minimum Gasteiger partial charge on any atom is -0.350 e. The summed E-state index contributed by atoms with van der Waals surface area (Å²) < 4.78 is 1.83. The van der Waals surface area contributed by atoms with Gasteiger partial charge in [0.25, 0.3) is 5.91 Å². The summed E-state index contributed by atoms with van der Waals surface area (Å²) in [5.41, 5.74) is 4.82. The van der Waals surface area contributed by atoms with E-state index in [-0.39, 0.29) is 5.91 Å². The molecular weight excluding hydrogens is 346 g/mol. The molecule has 4 rings (SSSR count). The summed E-state index contributed by atoms with van der Waals surface area (Å²) in [7, 11) is 1.90. The normalized spacial score (nSPS) is 13.4. The first-order valence-electron chi connectivity index (χ1n) is 8.76. The Morgan fingerprint density at radius 1 is 1.35 bits per heavy atom. The first-order valence-corrected chi connectivity index (χ1v) is 9.64. The highest BCUT2D eigenvalue weighted by atomic mass is 32.1. The zero-order valence-electron chi connectivity index (χ0n) is 14.7. The lowest BCUT2D eigenvalue weighted by molar-refractivity contribution is 0.0947. The van der Waals surface area contributed by atoms with E-state index in [0.29, 0.717) is 18.8 Å². The number of carbonyl (C=O) groups is 1. The van der Waals surface area contributed by atoms with Crippen LogP contribution in [0.2, 0.25) is 0 Å². The number of nitrogens with zero attached hydrogens (tertiary/aromatic N) is 3. The van der Waals surface area contributed by atoms with Gasteiger partial charge in [0, 0.05) is 61.7 Å². The molecule has 0 unspecified atom stereocenters. The topological polar surface area (TPSA) is 71.8 Å². The number of thiazole rings is 1. The molecule has 0 saturated heterocycles. The molecule has 3 heterocycles. The minimum atomic E-state index is -0.106. The van der Waals surface area contributed by atoms with Gasteiger partial charge >= 0.3 is 0 Å². The lowest BCUT2D eigenvalue weighted by Crippen LogP contribution is -2.29. The lowest BCUT2D eigenvalue weighted by Gasteiger charge is -2.14. The molecule has 134 valence electrons. The van der Waals surface area contributed by atoms with E-state index >= 15 is 0 Å². The number of benzene rings is 1. The average molecular weight is 367 g/mol. The third-order valence-electron chi connectivity index (χ3n) is 4.58. The Kier molecular flexibility index (Phi) is 4.81. The van der Waals surface area contributed by atoms with Crippen molar-refractivity contribution in [3.05, 3.63) is 57.7 Å². The summed E-state index contributed by atoms with van der Waals surface area (Å²) in [4.78, 5) is 17.2. The highest BCUT2D eigenvalue weighted by Crippen LogP contribution is 2.22. The van der Waals surface area contributed by atoms with Crippen LogP contribution in [-0.4, -0.2) is 33.8 Å². The van der Waals surface area contributed by atoms with Crippen molar-refractivity contribution in [2.75, 3.05) is 13.1 Å². The largest absolute Gasteiger partial charge is 0.350 e. The van der Waals surface area contributed by atoms with Gasteiger partial charge in [0.2, 0.25) is 0 Å². The standard InChI is InChI=1S/C19H21N5OS/c1-24-16-7-9-20-11-14(16)18(23-24)19(25)21-10-8-17-22-15(12-26-17)13-5-3-2-4-6-13/h2-6,12,20H,7-11H2,1H3,(H,21,25). The number of rotatable bonds is 5. The smallest absolute Gasteiger partial charge is 0.272 e. The van der Waals surface area contributed by atoms with Crippen LogP contribution in [0.15, 0.2) is 35.7 Å². The van der Waals surface area contributed by atoms with Crippen LogP contribution in [0.1, 0.15) is 26.8 Å². The van der Waals surface area contributed by atoms with Crippen molar-refractivity contribution in [3.8, 4) is 11.3 Å². The van der Waals surface area contributed by atoms with Gasteiger partial charge in [-0.3, -0.25) is 9.48 Å². The maximum atomic E-state index is 12.5. The molecule has 7 heteroatoms. The summed E-state index contributed by atoms with van der Waals surface area (Å²) in [5, 5.41) is 13.8. The van der Waals surface area contributed by atoms with Crippen molar-refractivity contribution in [1.82, 2.24) is 25.4 Å². The fourth-order valence-electron chi connectivity index (χ4n) is 3.24. The summed E-state index contributed by atoms with van der Waals surface area (Å²) in [6.07, 6.45) is 1.63. The van der Waals surface area contributed by atoms with E-state index in [0.717, 1.165) is 46.9 Å². The van der Waals surface area contributed by atoms with Gasteiger partial charge in [-0.15, -0.1) is 11.3 Å². The first-order chi connectivity index (χ1) is 12.7. The van der Waals surface area contributed by atoms with Crippen LogP contribution in [0.5, 0.6) is 0 Å². The SMILES string of the molecule is Cn1nc(C(=O)NCCc2nc(-c3ccccc3)cs2)c2c1CCNC2. The minimum absolute atomic E-state index is 0.106. The molecule has 0 atom stereocenters. The van der Waals surface area contributed by atoms with Crippen LogP contribution in [0.4, 0.5) is 0 Å². The number of amides is 1. The maximum Gasteiger partial charge on any atom is 0.272 e. The Labute approximate surface area is 156 Å². The van der Waals surface area contributed by atoms with Crippen LogP contribution in [0, 0.1) is 0 Å². The molecule has 3 aromatic rings. The highest BCUT2D eigenvalue weighted by molar-refractivity contribution is 7.09. The molecule has 0 bridgehead atoms. The van der Waals surface area contributed by atoms with Gasteiger partial charge < -0.3 is 10.6 Å². The van der Waals surface area contributed by atoms with Crippen molar-refractivity contribution < 1.29 is 4.79 Å². The Morgan fingerprint density at radius 2 is 2.19 bits per heavy atom. The molecule has 0 fully saturated rings. The molecular formula is C19H21N5OS. The van der Waals surface area contributed by atoms with Crippen LogP contribution in [0.25, 0.3) is 11.3 Å². The van der Waals surface area contributed by atoms with Crippen LogP contribution in [0.3, 0.4) is 0 Å². The van der Waals surface area contributed by atoms with E-state index in [1.165, 1.54) is 0 Å². The second kappa shape index (κ2) is 7.39. The predicted molar refractivity (Wildman–Crippen MR) is 102 cm³/mol. The maximum absolute atomic E-state index is 12.5. The molecule has 0 radical (unpaired) electrons. The summed E-state index contributed by atoms with van der Waals surface area (Å²) in [6, 6.07) is 10.1. The van der Waals surface area contributed by atoms with E-state index in [9.17, 15) is 4.79 Å². The van der Waals surface area contributed by atoms with E-state index in [4.69, 9.17) is 0 Å². The number of hydrogen-bond acceptors (Lipinski definition) is 5. The van der Waals surface area contributed by atoms with Gasteiger partial charge in [-0.05, 0) is 0 Å². The Hall–Kier alpha value is -2.51. The molecule has 1 aliphatic heterocycles. The number of hydrogen-bond donors (Lipinski definition) is 2. The molecule has 0 saturated carbocycles. The van der Waals surface area contributed by atoms with Crippen LogP contribution < -0.4 is 10.6 Å². The van der Waals surface area contributed by atoms with Gasteiger partial charge in [-0.1, -0.05) is 30.3 Å². The zero-order chi connectivity index (χ0) is 17.9. The molecule has 0 aliphatic carbocycles. The first kappa shape index (κ1) is 16.9. The molecule has 26 heavy (non-hydrogen) atoms. The van der Waals surface area contributed by atoms with Crippen molar-refractivity contribution in [2.45, 2.75) is 19.4 Å². The summed E-state index contributed by atoms with van der Waals surface area (Å²) >= 11 is 1.63. The van der Waals surface area contributed by atoms with Gasteiger partial charge in [-0.25, -0.2) is 4.98 Å². The van der Waals surface area contributed by atoms with E-state index in [1.807, 2.05) is 29.9 Å².